The highest BCUT2D eigenvalue weighted by Gasteiger charge is 2.14. The van der Waals surface area contributed by atoms with Crippen molar-refractivity contribution in [3.8, 4) is 0 Å². The molecule has 6 nitrogen and oxygen atoms in total. The fraction of sp³-hybridized carbons (Fsp3) is 0.364. The van der Waals surface area contributed by atoms with Gasteiger partial charge in [-0.3, -0.25) is 4.79 Å². The first-order chi connectivity index (χ1) is 8.63. The van der Waals surface area contributed by atoms with Gasteiger partial charge in [-0.2, -0.15) is 0 Å². The lowest BCUT2D eigenvalue weighted by Gasteiger charge is -2.05. The number of hydrogen-bond donors (Lipinski definition) is 1. The number of pyridine rings is 1. The summed E-state index contributed by atoms with van der Waals surface area (Å²) in [6.45, 7) is 2.43. The zero-order chi connectivity index (χ0) is 13.1. The maximum absolute atomic E-state index is 11.9. The third-order valence-electron chi connectivity index (χ3n) is 2.49. The van der Waals surface area contributed by atoms with Gasteiger partial charge in [-0.05, 0) is 12.1 Å². The Kier molecular flexibility index (Phi) is 3.83. The molecule has 7 heteroatoms. The van der Waals surface area contributed by atoms with E-state index in [9.17, 15) is 9.59 Å². The maximum atomic E-state index is 11.9. The van der Waals surface area contributed by atoms with Crippen molar-refractivity contribution in [1.29, 1.82) is 0 Å². The summed E-state index contributed by atoms with van der Waals surface area (Å²) in [7, 11) is 0. The van der Waals surface area contributed by atoms with Gasteiger partial charge in [0.05, 0.1) is 5.75 Å². The average molecular weight is 266 g/mol. The van der Waals surface area contributed by atoms with E-state index in [-0.39, 0.29) is 16.9 Å². The average Bonchev–Trinajstić information content (AvgIpc) is 2.73. The molecule has 0 saturated carbocycles. The molecule has 0 aliphatic carbocycles. The summed E-state index contributed by atoms with van der Waals surface area (Å²) in [5, 5.41) is 4.17. The minimum Gasteiger partial charge on any atom is -0.329 e. The van der Waals surface area contributed by atoms with Crippen LogP contribution in [0.3, 0.4) is 0 Å². The number of rotatable bonds is 4. The van der Waals surface area contributed by atoms with E-state index in [1.54, 1.807) is 24.4 Å². The normalized spacial score (nSPS) is 12.8. The van der Waals surface area contributed by atoms with Crippen LogP contribution in [0.1, 0.15) is 11.7 Å². The first-order valence-corrected chi connectivity index (χ1v) is 6.59. The highest BCUT2D eigenvalue weighted by atomic mass is 32.2. The Morgan fingerprint density at radius 3 is 3.00 bits per heavy atom. The molecule has 0 aromatic carbocycles. The summed E-state index contributed by atoms with van der Waals surface area (Å²) >= 11 is 1.41. The molecular weight excluding hydrogens is 252 g/mol. The largest absolute Gasteiger partial charge is 0.357 e. The first-order valence-electron chi connectivity index (χ1n) is 5.54. The molecule has 96 valence electrons. The monoisotopic (exact) mass is 266 g/mol. The minimum absolute atomic E-state index is 0.182. The van der Waals surface area contributed by atoms with Crippen LogP contribution in [-0.2, 0) is 0 Å². The Morgan fingerprint density at radius 1 is 1.56 bits per heavy atom. The van der Waals surface area contributed by atoms with Crippen molar-refractivity contribution in [2.45, 2.75) is 12.2 Å². The van der Waals surface area contributed by atoms with E-state index in [4.69, 9.17) is 5.73 Å². The lowest BCUT2D eigenvalue weighted by Crippen LogP contribution is -2.29. The third kappa shape index (κ3) is 2.46. The smallest absolute Gasteiger partial charge is 0.329 e. The van der Waals surface area contributed by atoms with Crippen LogP contribution < -0.4 is 11.4 Å². The predicted molar refractivity (Wildman–Crippen MR) is 71.1 cm³/mol. The Hall–Kier alpha value is -1.60. The van der Waals surface area contributed by atoms with Crippen LogP contribution in [0.2, 0.25) is 0 Å². The van der Waals surface area contributed by atoms with Gasteiger partial charge in [0.2, 0.25) is 0 Å². The summed E-state index contributed by atoms with van der Waals surface area (Å²) < 4.78 is 2.25. The van der Waals surface area contributed by atoms with Gasteiger partial charge in [0.15, 0.2) is 5.65 Å². The molecule has 1 unspecified atom stereocenters. The van der Waals surface area contributed by atoms with E-state index in [0.717, 1.165) is 4.68 Å². The molecule has 0 amide bonds. The molecule has 0 radical (unpaired) electrons. The van der Waals surface area contributed by atoms with Crippen LogP contribution >= 0.6 is 11.8 Å². The molecule has 2 aromatic rings. The molecular formula is C11H14N4O2S. The fourth-order valence-electron chi connectivity index (χ4n) is 1.43. The molecule has 2 aromatic heterocycles. The number of nitrogens with zero attached hydrogens (tertiary/aromatic N) is 3. The zero-order valence-corrected chi connectivity index (χ0v) is 10.8. The number of carbonyl (C=O) groups excluding carboxylic acids is 1. The molecule has 18 heavy (non-hydrogen) atoms. The summed E-state index contributed by atoms with van der Waals surface area (Å²) in [5.41, 5.74) is 5.50. The van der Waals surface area contributed by atoms with Crippen LogP contribution in [-0.4, -0.2) is 37.6 Å². The van der Waals surface area contributed by atoms with Gasteiger partial charge in [0, 0.05) is 18.0 Å². The summed E-state index contributed by atoms with van der Waals surface area (Å²) in [6, 6.07) is 5.17. The lowest BCUT2D eigenvalue weighted by molar-refractivity contribution is 0.0922. The number of aromatic nitrogens is 3. The van der Waals surface area contributed by atoms with Gasteiger partial charge in [-0.1, -0.05) is 13.0 Å². The van der Waals surface area contributed by atoms with Gasteiger partial charge >= 0.3 is 5.69 Å². The van der Waals surface area contributed by atoms with Crippen LogP contribution in [0, 0.1) is 0 Å². The molecule has 2 rings (SSSR count). The number of carbonyl (C=O) groups is 1. The van der Waals surface area contributed by atoms with Gasteiger partial charge in [0.1, 0.15) is 0 Å². The van der Waals surface area contributed by atoms with E-state index in [1.165, 1.54) is 16.2 Å². The summed E-state index contributed by atoms with van der Waals surface area (Å²) in [5.74, 6) is -0.128. The standard InChI is InChI=1S/C11H14N4O2S/c1-8(6-12)18-7-10(16)15-11(17)14-5-3-2-4-9(14)13-15/h2-5,8H,6-7,12H2,1H3. The number of thioether (sulfide) groups is 1. The predicted octanol–water partition coefficient (Wildman–Crippen LogP) is 0.217. The highest BCUT2D eigenvalue weighted by Crippen LogP contribution is 2.08. The zero-order valence-electron chi connectivity index (χ0n) is 9.94. The van der Waals surface area contributed by atoms with Crippen molar-refractivity contribution in [3.63, 3.8) is 0 Å². The van der Waals surface area contributed by atoms with Gasteiger partial charge in [-0.25, -0.2) is 9.20 Å². The van der Waals surface area contributed by atoms with Crippen molar-refractivity contribution >= 4 is 23.3 Å². The summed E-state index contributed by atoms with van der Waals surface area (Å²) in [4.78, 5) is 23.8. The Bertz CT molecular complexity index is 619. The van der Waals surface area contributed by atoms with Crippen LogP contribution in [0.25, 0.3) is 5.65 Å². The van der Waals surface area contributed by atoms with Gasteiger partial charge < -0.3 is 5.73 Å². The molecule has 2 N–H and O–H groups in total. The van der Waals surface area contributed by atoms with Gasteiger partial charge in [0.25, 0.3) is 5.91 Å². The second kappa shape index (κ2) is 5.36. The first kappa shape index (κ1) is 12.8. The third-order valence-corrected chi connectivity index (χ3v) is 3.66. The van der Waals surface area contributed by atoms with E-state index >= 15 is 0 Å². The molecule has 0 spiro atoms. The summed E-state index contributed by atoms with van der Waals surface area (Å²) in [6.07, 6.45) is 1.59. The molecule has 0 bridgehead atoms. The van der Waals surface area contributed by atoms with Crippen molar-refractivity contribution in [2.75, 3.05) is 12.3 Å². The van der Waals surface area contributed by atoms with Crippen LogP contribution in [0.15, 0.2) is 29.2 Å². The van der Waals surface area contributed by atoms with Crippen molar-refractivity contribution in [2.24, 2.45) is 5.73 Å². The van der Waals surface area contributed by atoms with Crippen molar-refractivity contribution < 1.29 is 4.79 Å². The second-order valence-corrected chi connectivity index (χ2v) is 5.30. The van der Waals surface area contributed by atoms with Crippen LogP contribution in [0.4, 0.5) is 0 Å². The van der Waals surface area contributed by atoms with Crippen LogP contribution in [0.5, 0.6) is 0 Å². The Morgan fingerprint density at radius 2 is 2.33 bits per heavy atom. The minimum atomic E-state index is -0.434. The molecule has 1 atom stereocenters. The van der Waals surface area contributed by atoms with E-state index in [2.05, 4.69) is 5.10 Å². The second-order valence-electron chi connectivity index (χ2n) is 3.87. The maximum Gasteiger partial charge on any atom is 0.357 e. The molecule has 0 aliphatic heterocycles. The Balaban J connectivity index is 2.23. The number of hydrogen-bond acceptors (Lipinski definition) is 5. The quantitative estimate of drug-likeness (QED) is 0.855. The van der Waals surface area contributed by atoms with Crippen molar-refractivity contribution in [3.05, 3.63) is 34.9 Å². The SMILES string of the molecule is CC(CN)SCC(=O)n1nc2ccccn2c1=O. The van der Waals surface area contributed by atoms with E-state index in [0.29, 0.717) is 12.2 Å². The lowest BCUT2D eigenvalue weighted by atomic mass is 10.5. The van der Waals surface area contributed by atoms with Crippen molar-refractivity contribution in [1.82, 2.24) is 14.2 Å². The van der Waals surface area contributed by atoms with E-state index < -0.39 is 5.69 Å². The molecule has 2 heterocycles. The topological polar surface area (TPSA) is 82.4 Å². The molecule has 0 saturated heterocycles. The highest BCUT2D eigenvalue weighted by molar-refractivity contribution is 8.00. The molecule has 0 fully saturated rings. The van der Waals surface area contributed by atoms with Gasteiger partial charge in [-0.15, -0.1) is 21.5 Å². The number of fused-ring (bicyclic) bond motifs is 1. The number of nitrogens with two attached hydrogens (primary N) is 1. The molecule has 0 aliphatic rings. The van der Waals surface area contributed by atoms with E-state index in [1.807, 2.05) is 6.92 Å². The fourth-order valence-corrected chi connectivity index (χ4v) is 2.12. The Labute approximate surface area is 108 Å².